The van der Waals surface area contributed by atoms with Gasteiger partial charge in [-0.25, -0.2) is 4.79 Å². The third kappa shape index (κ3) is 2.91. The number of nitrogens with one attached hydrogen (secondary N) is 1. The first-order valence-electron chi connectivity index (χ1n) is 6.54. The van der Waals surface area contributed by atoms with Gasteiger partial charge in [0.1, 0.15) is 0 Å². The van der Waals surface area contributed by atoms with Crippen LogP contribution in [0.5, 0.6) is 0 Å². The van der Waals surface area contributed by atoms with E-state index in [9.17, 15) is 4.79 Å². The van der Waals surface area contributed by atoms with Crippen LogP contribution in [0.25, 0.3) is 0 Å². The lowest BCUT2D eigenvalue weighted by atomic mass is 10.2. The van der Waals surface area contributed by atoms with Crippen LogP contribution in [0.4, 0.5) is 16.2 Å². The van der Waals surface area contributed by atoms with Crippen LogP contribution in [0.1, 0.15) is 5.56 Å². The molecule has 0 fully saturated rings. The average Bonchev–Trinajstić information content (AvgIpc) is 2.90. The zero-order chi connectivity index (χ0) is 14.8. The quantitative estimate of drug-likeness (QED) is 0.814. The Bertz CT molecular complexity index is 678. The van der Waals surface area contributed by atoms with Gasteiger partial charge in [-0.3, -0.25) is 9.88 Å². The summed E-state index contributed by atoms with van der Waals surface area (Å²) in [6.07, 6.45) is 6.26. The van der Waals surface area contributed by atoms with Crippen LogP contribution >= 0.6 is 27.7 Å². The minimum absolute atomic E-state index is 0.120. The molecule has 0 saturated carbocycles. The van der Waals surface area contributed by atoms with E-state index in [2.05, 4.69) is 32.3 Å². The lowest BCUT2D eigenvalue weighted by molar-refractivity contribution is 0.257. The molecule has 1 aliphatic heterocycles. The van der Waals surface area contributed by atoms with E-state index < -0.39 is 0 Å². The van der Waals surface area contributed by atoms with Crippen molar-refractivity contribution < 1.29 is 4.79 Å². The van der Waals surface area contributed by atoms with Crippen LogP contribution in [0, 0.1) is 0 Å². The molecule has 2 aromatic rings. The molecule has 1 aromatic carbocycles. The molecule has 6 heteroatoms. The zero-order valence-corrected chi connectivity index (χ0v) is 13.9. The highest BCUT2D eigenvalue weighted by Gasteiger charge is 2.26. The van der Waals surface area contributed by atoms with Gasteiger partial charge in [0.15, 0.2) is 0 Å². The number of hydrogen-bond acceptors (Lipinski definition) is 3. The van der Waals surface area contributed by atoms with Gasteiger partial charge in [-0.1, -0.05) is 0 Å². The number of anilines is 2. The Kier molecular flexibility index (Phi) is 4.17. The number of amides is 2. The summed E-state index contributed by atoms with van der Waals surface area (Å²) in [5.41, 5.74) is 2.89. The van der Waals surface area contributed by atoms with Crippen LogP contribution in [-0.4, -0.2) is 23.8 Å². The van der Waals surface area contributed by atoms with Crippen LogP contribution in [0.3, 0.4) is 0 Å². The molecule has 0 aliphatic carbocycles. The molecule has 108 valence electrons. The second-order valence-corrected chi connectivity index (χ2v) is 6.39. The number of fused-ring (bicyclic) bond motifs is 1. The van der Waals surface area contributed by atoms with Gasteiger partial charge < -0.3 is 5.32 Å². The van der Waals surface area contributed by atoms with Gasteiger partial charge in [0, 0.05) is 27.8 Å². The fraction of sp³-hybridized carbons (Fsp3) is 0.200. The summed E-state index contributed by atoms with van der Waals surface area (Å²) < 4.78 is 1.02. The van der Waals surface area contributed by atoms with Gasteiger partial charge in [-0.15, -0.1) is 11.8 Å². The summed E-state index contributed by atoms with van der Waals surface area (Å²) in [5.74, 6) is 0. The number of pyridine rings is 1. The molecule has 1 N–H and O–H groups in total. The highest BCUT2D eigenvalue weighted by Crippen LogP contribution is 2.37. The number of benzene rings is 1. The van der Waals surface area contributed by atoms with Gasteiger partial charge in [-0.05, 0) is 58.4 Å². The fourth-order valence-corrected chi connectivity index (χ4v) is 3.72. The van der Waals surface area contributed by atoms with E-state index in [0.717, 1.165) is 16.6 Å². The summed E-state index contributed by atoms with van der Waals surface area (Å²) >= 11 is 5.26. The van der Waals surface area contributed by atoms with Crippen LogP contribution in [0.2, 0.25) is 0 Å². The van der Waals surface area contributed by atoms with E-state index in [-0.39, 0.29) is 6.03 Å². The molecule has 21 heavy (non-hydrogen) atoms. The number of carbonyl (C=O) groups is 1. The summed E-state index contributed by atoms with van der Waals surface area (Å²) in [6, 6.07) is 7.69. The fourth-order valence-electron chi connectivity index (χ4n) is 2.38. The van der Waals surface area contributed by atoms with Gasteiger partial charge in [-0.2, -0.15) is 0 Å². The van der Waals surface area contributed by atoms with Crippen molar-refractivity contribution in [3.05, 3.63) is 46.7 Å². The van der Waals surface area contributed by atoms with Gasteiger partial charge in [0.2, 0.25) is 0 Å². The van der Waals surface area contributed by atoms with Crippen molar-refractivity contribution in [2.24, 2.45) is 0 Å². The molecule has 0 saturated heterocycles. The first-order chi connectivity index (χ1) is 10.2. The van der Waals surface area contributed by atoms with E-state index in [0.29, 0.717) is 12.2 Å². The van der Waals surface area contributed by atoms with Crippen molar-refractivity contribution in [1.82, 2.24) is 4.98 Å². The van der Waals surface area contributed by atoms with Crippen molar-refractivity contribution in [2.45, 2.75) is 11.3 Å². The molecule has 0 bridgehead atoms. The Hall–Kier alpha value is -1.53. The van der Waals surface area contributed by atoms with Crippen LogP contribution in [0.15, 0.2) is 46.0 Å². The van der Waals surface area contributed by atoms with Crippen LogP contribution < -0.4 is 10.2 Å². The van der Waals surface area contributed by atoms with E-state index >= 15 is 0 Å². The standard InChI is InChI=1S/C15H14BrN3OS/c1-21-14-7-10-4-6-19(13(10)8-12(14)16)15(20)18-11-3-2-5-17-9-11/h2-3,5,7-9H,4,6H2,1H3,(H,18,20). The van der Waals surface area contributed by atoms with Gasteiger partial charge in [0.05, 0.1) is 11.9 Å². The lowest BCUT2D eigenvalue weighted by Crippen LogP contribution is -2.33. The molecule has 1 aliphatic rings. The maximum Gasteiger partial charge on any atom is 0.326 e. The summed E-state index contributed by atoms with van der Waals surface area (Å²) in [7, 11) is 0. The molecular weight excluding hydrogens is 350 g/mol. The van der Waals surface area contributed by atoms with E-state index in [4.69, 9.17) is 0 Å². The predicted molar refractivity (Wildman–Crippen MR) is 90.2 cm³/mol. The number of hydrogen-bond donors (Lipinski definition) is 1. The number of thioether (sulfide) groups is 1. The molecule has 0 unspecified atom stereocenters. The Morgan fingerprint density at radius 1 is 1.48 bits per heavy atom. The first kappa shape index (κ1) is 14.4. The van der Waals surface area contributed by atoms with E-state index in [1.54, 1.807) is 35.1 Å². The van der Waals surface area contributed by atoms with Crippen molar-refractivity contribution in [3.8, 4) is 0 Å². The highest BCUT2D eigenvalue weighted by molar-refractivity contribution is 9.10. The van der Waals surface area contributed by atoms with E-state index in [1.165, 1.54) is 10.5 Å². The third-order valence-corrected chi connectivity index (χ3v) is 5.10. The minimum atomic E-state index is -0.120. The Morgan fingerprint density at radius 2 is 2.33 bits per heavy atom. The van der Waals surface area contributed by atoms with Gasteiger partial charge >= 0.3 is 6.03 Å². The summed E-state index contributed by atoms with van der Waals surface area (Å²) in [5, 5.41) is 2.88. The molecular formula is C15H14BrN3OS. The monoisotopic (exact) mass is 363 g/mol. The normalized spacial score (nSPS) is 13.1. The summed E-state index contributed by atoms with van der Waals surface area (Å²) in [4.78, 5) is 19.4. The van der Waals surface area contributed by atoms with Crippen molar-refractivity contribution in [3.63, 3.8) is 0 Å². The molecule has 1 aromatic heterocycles. The third-order valence-electron chi connectivity index (χ3n) is 3.41. The zero-order valence-electron chi connectivity index (χ0n) is 11.5. The highest BCUT2D eigenvalue weighted by atomic mass is 79.9. The molecule has 0 atom stereocenters. The average molecular weight is 364 g/mol. The molecule has 0 spiro atoms. The molecule has 3 rings (SSSR count). The Morgan fingerprint density at radius 3 is 3.05 bits per heavy atom. The van der Waals surface area contributed by atoms with Crippen molar-refractivity contribution in [2.75, 3.05) is 23.0 Å². The topological polar surface area (TPSA) is 45.2 Å². The molecule has 0 radical (unpaired) electrons. The lowest BCUT2D eigenvalue weighted by Gasteiger charge is -2.18. The number of carbonyl (C=O) groups excluding carboxylic acids is 1. The second kappa shape index (κ2) is 6.07. The molecule has 2 heterocycles. The largest absolute Gasteiger partial charge is 0.326 e. The second-order valence-electron chi connectivity index (χ2n) is 4.69. The van der Waals surface area contributed by atoms with Crippen LogP contribution in [-0.2, 0) is 6.42 Å². The maximum atomic E-state index is 12.4. The van der Waals surface area contributed by atoms with Crippen molar-refractivity contribution in [1.29, 1.82) is 0 Å². The number of rotatable bonds is 2. The Labute approximate surface area is 136 Å². The number of aromatic nitrogens is 1. The number of halogens is 1. The minimum Gasteiger partial charge on any atom is -0.306 e. The predicted octanol–water partition coefficient (Wildman–Crippen LogP) is 4.16. The summed E-state index contributed by atoms with van der Waals surface area (Å²) in [6.45, 7) is 0.700. The maximum absolute atomic E-state index is 12.4. The Balaban J connectivity index is 1.84. The molecule has 2 amide bonds. The van der Waals surface area contributed by atoms with Crippen molar-refractivity contribution >= 4 is 45.1 Å². The first-order valence-corrected chi connectivity index (χ1v) is 8.56. The van der Waals surface area contributed by atoms with E-state index in [1.807, 2.05) is 18.4 Å². The SMILES string of the molecule is CSc1cc2c(cc1Br)N(C(=O)Nc1cccnc1)CC2. The number of nitrogens with zero attached hydrogens (tertiary/aromatic N) is 2. The van der Waals surface area contributed by atoms with Gasteiger partial charge in [0.25, 0.3) is 0 Å². The number of urea groups is 1. The smallest absolute Gasteiger partial charge is 0.306 e. The molecule has 4 nitrogen and oxygen atoms in total.